The van der Waals surface area contributed by atoms with Gasteiger partial charge in [0.25, 0.3) is 0 Å². The van der Waals surface area contributed by atoms with Gasteiger partial charge in [-0.05, 0) is 65.6 Å². The molecular weight excluding hydrogens is 1330 g/mol. The summed E-state index contributed by atoms with van der Waals surface area (Å²) in [6.45, 7) is 0.602. The Morgan fingerprint density at radius 2 is 0.873 bits per heavy atom. The van der Waals surface area contributed by atoms with Gasteiger partial charge in [-0.15, -0.1) is 0 Å². The van der Waals surface area contributed by atoms with Crippen LogP contribution in [0.25, 0.3) is 10.9 Å². The van der Waals surface area contributed by atoms with Crippen molar-refractivity contribution in [1.29, 1.82) is 5.41 Å². The van der Waals surface area contributed by atoms with Crippen LogP contribution < -0.4 is 92.5 Å². The van der Waals surface area contributed by atoms with Crippen molar-refractivity contribution in [3.63, 3.8) is 0 Å². The van der Waals surface area contributed by atoms with Gasteiger partial charge in [-0.1, -0.05) is 105 Å². The van der Waals surface area contributed by atoms with Gasteiger partial charge >= 0.3 is 0 Å². The molecule has 5 rings (SSSR count). The zero-order chi connectivity index (χ0) is 75.0. The second-order valence-corrected chi connectivity index (χ2v) is 24.2. The van der Waals surface area contributed by atoms with Crippen molar-refractivity contribution in [2.75, 3.05) is 32.8 Å². The third-order valence-electron chi connectivity index (χ3n) is 15.5. The van der Waals surface area contributed by atoms with Crippen LogP contribution in [0.1, 0.15) is 68.2 Å². The first kappa shape index (κ1) is 80.7. The number of hydrogen-bond donors (Lipinski definition) is 21. The molecule has 9 atom stereocenters. The highest BCUT2D eigenvalue weighted by atomic mass is 16.3. The van der Waals surface area contributed by atoms with Gasteiger partial charge in [0.15, 0.2) is 5.96 Å². The third-order valence-corrected chi connectivity index (χ3v) is 15.5. The number of aliphatic hydroxyl groups excluding tert-OH is 1. The molecule has 0 aliphatic carbocycles. The first-order valence-corrected chi connectivity index (χ1v) is 32.4. The number of carbonyl (C=O) groups excluding carboxylic acids is 14. The molecule has 14 amide bonds. The first-order chi connectivity index (χ1) is 48.5. The van der Waals surface area contributed by atoms with Crippen molar-refractivity contribution in [1.82, 2.24) is 68.8 Å². The molecule has 35 nitrogen and oxygen atoms in total. The topological polar surface area (TPSA) is 594 Å². The lowest BCUT2D eigenvalue weighted by Crippen LogP contribution is -2.61. The van der Waals surface area contributed by atoms with Crippen LogP contribution in [0.4, 0.5) is 0 Å². The molecule has 1 aromatic heterocycles. The zero-order valence-electron chi connectivity index (χ0n) is 56.1. The number of guanidine groups is 1. The Kier molecular flexibility index (Phi) is 32.2. The number of rotatable bonds is 42. The Hall–Kier alpha value is -12.0. The fraction of sp³-hybridized carbons (Fsp3) is 0.388. The van der Waals surface area contributed by atoms with Crippen LogP contribution in [-0.2, 0) is 92.8 Å². The van der Waals surface area contributed by atoms with Crippen molar-refractivity contribution in [2.45, 2.75) is 126 Å². The van der Waals surface area contributed by atoms with Crippen molar-refractivity contribution < 1.29 is 77.3 Å². The molecular formula is C67H89N19O16. The first-order valence-electron chi connectivity index (χ1n) is 32.4. The van der Waals surface area contributed by atoms with Crippen molar-refractivity contribution in [3.05, 3.63) is 138 Å². The number of phenolic OH excluding ortho intramolecular Hbond substituents is 1. The number of nitrogens with one attached hydrogen (secondary N) is 14. The quantitative estimate of drug-likeness (QED) is 0.00983. The van der Waals surface area contributed by atoms with Crippen LogP contribution in [0.15, 0.2) is 115 Å². The molecule has 548 valence electrons. The number of nitrogens with two attached hydrogens (primary N) is 5. The van der Waals surface area contributed by atoms with E-state index in [1.165, 1.54) is 30.5 Å². The second kappa shape index (κ2) is 40.8. The number of benzene rings is 4. The average Bonchev–Trinajstić information content (AvgIpc) is 1.62. The predicted molar refractivity (Wildman–Crippen MR) is 369 cm³/mol. The minimum Gasteiger partial charge on any atom is -0.508 e. The zero-order valence-corrected chi connectivity index (χ0v) is 56.1. The highest BCUT2D eigenvalue weighted by Crippen LogP contribution is 2.20. The van der Waals surface area contributed by atoms with E-state index in [4.69, 9.17) is 34.1 Å². The fourth-order valence-corrected chi connectivity index (χ4v) is 10.4. The number of aromatic amines is 1. The molecule has 0 bridgehead atoms. The lowest BCUT2D eigenvalue weighted by atomic mass is 10.0. The average molecular weight is 1420 g/mol. The largest absolute Gasteiger partial charge is 0.508 e. The van der Waals surface area contributed by atoms with E-state index in [0.29, 0.717) is 33.2 Å². The summed E-state index contributed by atoms with van der Waals surface area (Å²) in [5.41, 5.74) is 30.1. The lowest BCUT2D eigenvalue weighted by Gasteiger charge is -2.27. The minimum atomic E-state index is -1.97. The number of para-hydroxylation sites is 1. The molecule has 0 fully saturated rings. The van der Waals surface area contributed by atoms with Gasteiger partial charge in [-0.25, -0.2) is 0 Å². The Balaban J connectivity index is 1.33. The molecule has 1 heterocycles. The Morgan fingerprint density at radius 3 is 1.39 bits per heavy atom. The number of amides is 14. The number of H-pyrrole nitrogens is 1. The summed E-state index contributed by atoms with van der Waals surface area (Å²) in [5.74, 6) is -14.8. The Morgan fingerprint density at radius 1 is 0.451 bits per heavy atom. The fourth-order valence-electron chi connectivity index (χ4n) is 10.4. The molecule has 0 aliphatic heterocycles. The van der Waals surface area contributed by atoms with Crippen molar-refractivity contribution >= 4 is 99.6 Å². The molecule has 0 spiro atoms. The Labute approximate surface area is 585 Å². The van der Waals surface area contributed by atoms with E-state index in [9.17, 15) is 77.3 Å². The highest BCUT2D eigenvalue weighted by Gasteiger charge is 2.36. The van der Waals surface area contributed by atoms with E-state index >= 15 is 0 Å². The van der Waals surface area contributed by atoms with Crippen LogP contribution in [0, 0.1) is 11.3 Å². The van der Waals surface area contributed by atoms with Crippen LogP contribution in [0.2, 0.25) is 0 Å². The maximum Gasteiger partial charge on any atom is 0.245 e. The summed E-state index contributed by atoms with van der Waals surface area (Å²) in [6.07, 6.45) is -1.03. The normalized spacial score (nSPS) is 13.6. The summed E-state index contributed by atoms with van der Waals surface area (Å²) in [4.78, 5) is 193. The molecule has 26 N–H and O–H groups in total. The van der Waals surface area contributed by atoms with Crippen LogP contribution >= 0.6 is 0 Å². The maximum absolute atomic E-state index is 14.6. The van der Waals surface area contributed by atoms with Crippen LogP contribution in [-0.4, -0.2) is 191 Å². The lowest BCUT2D eigenvalue weighted by molar-refractivity contribution is -0.137. The molecule has 4 aromatic carbocycles. The summed E-state index contributed by atoms with van der Waals surface area (Å²) in [6, 6.07) is 14.7. The van der Waals surface area contributed by atoms with E-state index in [2.05, 4.69) is 68.8 Å². The van der Waals surface area contributed by atoms with Crippen molar-refractivity contribution in [3.8, 4) is 5.75 Å². The maximum atomic E-state index is 14.6. The summed E-state index contributed by atoms with van der Waals surface area (Å²) >= 11 is 0. The van der Waals surface area contributed by atoms with Crippen molar-refractivity contribution in [2.24, 2.45) is 34.6 Å². The number of carbonyl (C=O) groups is 14. The third kappa shape index (κ3) is 27.7. The monoisotopic (exact) mass is 1420 g/mol. The standard InChI is InChI=1S/C67H89N19O16/c1-36(2)24-46(61(97)80-44(18-11-23-74-67(72)73)60(96)81-45(58(71)94)25-37-12-5-3-6-13-37)78-57(93)34-77-59(95)47(26-38-14-7-4-8-15-38)82-66(102)52(35-87)86-65(101)51(30-54(70)90)85-63(99)49(28-40-32-75-43-17-10-9-16-42(40)43)83-64(100)50(29-53(69)89)84-62(98)48(27-39-19-21-41(88)22-20-39)79-56(92)33-76-55(91)31-68/h3-10,12-17,19-22,32,36,44-52,75,87-88H,11,18,23-31,33-35,68H2,1-2H3,(H2,69,89)(H2,70,90)(H2,71,94)(H,76,91)(H,77,95)(H,78,93)(H,79,92)(H,80,97)(H,81,96)(H,82,102)(H,83,100)(H,84,98)(H,85,99)(H,86,101)(H4,72,73,74)/t44-,45-,46-,47-,48-,49-,50-,51-,52-/m0/s1. The molecule has 0 saturated carbocycles. The number of fused-ring (bicyclic) bond motifs is 1. The van der Waals surface area contributed by atoms with E-state index in [1.54, 1.807) is 98.8 Å². The number of aromatic nitrogens is 1. The van der Waals surface area contributed by atoms with E-state index < -0.39 is 176 Å². The minimum absolute atomic E-state index is 0.0227. The number of phenols is 1. The molecule has 0 saturated heterocycles. The van der Waals surface area contributed by atoms with Gasteiger partial charge < -0.3 is 108 Å². The van der Waals surface area contributed by atoms with Crippen LogP contribution in [0.3, 0.4) is 0 Å². The van der Waals surface area contributed by atoms with Gasteiger partial charge in [0, 0.05) is 49.3 Å². The highest BCUT2D eigenvalue weighted by molar-refractivity contribution is 6.01. The molecule has 5 aromatic rings. The van der Waals surface area contributed by atoms with Gasteiger partial charge in [0.1, 0.15) is 60.1 Å². The SMILES string of the molecule is CC(C)C[C@H](NC(=O)CNC(=O)[C@H](Cc1ccccc1)NC(=O)[C@H](CO)NC(=O)[C@H](CC(N)=O)NC(=O)[C@H](Cc1c[nH]c2ccccc12)NC(=O)[C@H](CC(N)=O)NC(=O)[C@H](Cc1ccc(O)cc1)NC(=O)CNC(=O)CN)C(=O)N[C@@H](CCCNC(=N)N)C(=O)N[C@@H](Cc1ccccc1)C(N)=O. The molecule has 0 aliphatic rings. The molecule has 102 heavy (non-hydrogen) atoms. The summed E-state index contributed by atoms with van der Waals surface area (Å²) in [7, 11) is 0. The van der Waals surface area contributed by atoms with E-state index in [1.807, 2.05) is 0 Å². The summed E-state index contributed by atoms with van der Waals surface area (Å²) in [5, 5.41) is 58.0. The van der Waals surface area contributed by atoms with E-state index in [-0.39, 0.29) is 69.1 Å². The second-order valence-electron chi connectivity index (χ2n) is 24.2. The summed E-state index contributed by atoms with van der Waals surface area (Å²) < 4.78 is 0. The number of hydrogen-bond acceptors (Lipinski definition) is 18. The number of primary amides is 3. The van der Waals surface area contributed by atoms with Gasteiger partial charge in [-0.2, -0.15) is 0 Å². The van der Waals surface area contributed by atoms with Gasteiger partial charge in [-0.3, -0.25) is 72.5 Å². The van der Waals surface area contributed by atoms with E-state index in [0.717, 1.165) is 0 Å². The number of aromatic hydroxyl groups is 1. The van der Waals surface area contributed by atoms with Gasteiger partial charge in [0.2, 0.25) is 82.7 Å². The smallest absolute Gasteiger partial charge is 0.245 e. The molecule has 35 heteroatoms. The predicted octanol–water partition coefficient (Wildman–Crippen LogP) is -5.76. The van der Waals surface area contributed by atoms with Gasteiger partial charge in [0.05, 0.1) is 39.1 Å². The van der Waals surface area contributed by atoms with Crippen LogP contribution in [0.5, 0.6) is 5.75 Å². The molecule has 0 radical (unpaired) electrons. The molecule has 0 unspecified atom stereocenters. The number of aliphatic hydroxyl groups is 1. The Bertz CT molecular complexity index is 3760.